The average molecular weight is 197 g/mol. The Labute approximate surface area is 73.4 Å². The number of rotatable bonds is 0. The third-order valence-corrected chi connectivity index (χ3v) is 2.09. The molecule has 10 heavy (non-hydrogen) atoms. The fourth-order valence-electron chi connectivity index (χ4n) is 0.512. The minimum Gasteiger partial charge on any atom is -0.205 e. The van der Waals surface area contributed by atoms with Crippen molar-refractivity contribution < 1.29 is 4.39 Å². The highest BCUT2D eigenvalue weighted by atomic mass is 35.5. The van der Waals surface area contributed by atoms with Crippen molar-refractivity contribution in [1.29, 1.82) is 0 Å². The van der Waals surface area contributed by atoms with Gasteiger partial charge in [0.2, 0.25) is 0 Å². The molecule has 54 valence electrons. The van der Waals surface area contributed by atoms with E-state index in [-0.39, 0.29) is 10.0 Å². The van der Waals surface area contributed by atoms with Crippen molar-refractivity contribution in [2.24, 2.45) is 0 Å². The van der Waals surface area contributed by atoms with Crippen LogP contribution >= 0.6 is 35.8 Å². The summed E-state index contributed by atoms with van der Waals surface area (Å²) in [7, 11) is 0. The Morgan fingerprint density at radius 1 is 1.20 bits per heavy atom. The smallest absolute Gasteiger partial charge is 0.143 e. The zero-order chi connectivity index (χ0) is 7.72. The molecule has 0 nitrogen and oxygen atoms in total. The lowest BCUT2D eigenvalue weighted by Gasteiger charge is -1.97. The second-order valence-corrected chi connectivity index (χ2v) is 3.01. The van der Waals surface area contributed by atoms with Gasteiger partial charge in [-0.15, -0.1) is 12.6 Å². The minimum absolute atomic E-state index is 0.0365. The molecule has 0 aromatic heterocycles. The summed E-state index contributed by atoms with van der Waals surface area (Å²) in [5.41, 5.74) is 0. The molecule has 0 spiro atoms. The van der Waals surface area contributed by atoms with Crippen LogP contribution in [0.3, 0.4) is 0 Å². The Balaban J connectivity index is 3.28. The van der Waals surface area contributed by atoms with Gasteiger partial charge in [-0.3, -0.25) is 0 Å². The van der Waals surface area contributed by atoms with E-state index >= 15 is 0 Å². The molecular formula is C6H3Cl2FS. The Morgan fingerprint density at radius 2 is 1.80 bits per heavy atom. The van der Waals surface area contributed by atoms with E-state index in [0.29, 0.717) is 4.90 Å². The van der Waals surface area contributed by atoms with Crippen molar-refractivity contribution in [3.63, 3.8) is 0 Å². The third-order valence-electron chi connectivity index (χ3n) is 0.990. The van der Waals surface area contributed by atoms with E-state index < -0.39 is 5.82 Å². The fourth-order valence-corrected chi connectivity index (χ4v) is 1.10. The highest BCUT2D eigenvalue weighted by Gasteiger charge is 2.02. The van der Waals surface area contributed by atoms with Gasteiger partial charge in [0.1, 0.15) is 5.82 Å². The van der Waals surface area contributed by atoms with Crippen LogP contribution in [0.1, 0.15) is 0 Å². The van der Waals surface area contributed by atoms with Gasteiger partial charge in [-0.2, -0.15) is 0 Å². The molecule has 1 rings (SSSR count). The molecule has 1 aromatic carbocycles. The predicted molar refractivity (Wildman–Crippen MR) is 43.7 cm³/mol. The van der Waals surface area contributed by atoms with E-state index in [4.69, 9.17) is 23.2 Å². The molecule has 0 aliphatic rings. The van der Waals surface area contributed by atoms with Crippen LogP contribution < -0.4 is 0 Å². The number of hydrogen-bond acceptors (Lipinski definition) is 1. The highest BCUT2D eigenvalue weighted by molar-refractivity contribution is 7.80. The van der Waals surface area contributed by atoms with Gasteiger partial charge >= 0.3 is 0 Å². The maximum Gasteiger partial charge on any atom is 0.143 e. The fraction of sp³-hybridized carbons (Fsp3) is 0. The second-order valence-electron chi connectivity index (χ2n) is 1.72. The van der Waals surface area contributed by atoms with Gasteiger partial charge in [0, 0.05) is 4.90 Å². The Morgan fingerprint density at radius 3 is 2.30 bits per heavy atom. The first-order chi connectivity index (χ1) is 4.61. The van der Waals surface area contributed by atoms with Gasteiger partial charge in [0.25, 0.3) is 0 Å². The normalized spacial score (nSPS) is 10.0. The van der Waals surface area contributed by atoms with E-state index in [2.05, 4.69) is 12.6 Å². The number of benzene rings is 1. The zero-order valence-corrected chi connectivity index (χ0v) is 7.14. The number of halogens is 3. The monoisotopic (exact) mass is 196 g/mol. The van der Waals surface area contributed by atoms with Gasteiger partial charge in [-0.25, -0.2) is 4.39 Å². The summed E-state index contributed by atoms with van der Waals surface area (Å²) in [5, 5.41) is 0.305. The molecule has 0 amide bonds. The van der Waals surface area contributed by atoms with Gasteiger partial charge in [-0.05, 0) is 12.1 Å². The lowest BCUT2D eigenvalue weighted by molar-refractivity contribution is 0.627. The molecule has 0 N–H and O–H groups in total. The van der Waals surface area contributed by atoms with Gasteiger partial charge in [-0.1, -0.05) is 23.2 Å². The number of hydrogen-bond donors (Lipinski definition) is 1. The first-order valence-corrected chi connectivity index (χ1v) is 3.65. The molecule has 0 unspecified atom stereocenters. The van der Waals surface area contributed by atoms with Gasteiger partial charge < -0.3 is 0 Å². The molecule has 1 aromatic rings. The first kappa shape index (κ1) is 8.18. The molecule has 0 aliphatic carbocycles. The van der Waals surface area contributed by atoms with E-state index in [1.807, 2.05) is 0 Å². The lowest BCUT2D eigenvalue weighted by atomic mass is 10.3. The Hall–Kier alpha value is 0.0800. The van der Waals surface area contributed by atoms with Gasteiger partial charge in [0.15, 0.2) is 0 Å². The average Bonchev–Trinajstić information content (AvgIpc) is 1.84. The zero-order valence-electron chi connectivity index (χ0n) is 4.74. The first-order valence-electron chi connectivity index (χ1n) is 2.45. The molecule has 0 atom stereocenters. The second kappa shape index (κ2) is 2.99. The van der Waals surface area contributed by atoms with Crippen molar-refractivity contribution in [2.45, 2.75) is 4.90 Å². The van der Waals surface area contributed by atoms with Crippen LogP contribution in [0.4, 0.5) is 4.39 Å². The SMILES string of the molecule is Fc1cc(Cl)c(S)cc1Cl. The standard InChI is InChI=1S/C6H3Cl2FS/c7-3-2-6(10)4(8)1-5(3)9/h1-2,10H. The van der Waals surface area contributed by atoms with Crippen LogP contribution in [0.25, 0.3) is 0 Å². The van der Waals surface area contributed by atoms with E-state index in [9.17, 15) is 4.39 Å². The minimum atomic E-state index is -0.524. The quantitative estimate of drug-likeness (QED) is 0.478. The molecule has 0 saturated carbocycles. The van der Waals surface area contributed by atoms with Crippen LogP contribution in [0.2, 0.25) is 10.0 Å². The van der Waals surface area contributed by atoms with Crippen LogP contribution in [0.15, 0.2) is 17.0 Å². The topological polar surface area (TPSA) is 0 Å². The van der Waals surface area contributed by atoms with Crippen molar-refractivity contribution in [1.82, 2.24) is 0 Å². The summed E-state index contributed by atoms with van der Waals surface area (Å²) in [6.45, 7) is 0. The lowest BCUT2D eigenvalue weighted by Crippen LogP contribution is -1.77. The van der Waals surface area contributed by atoms with Crippen molar-refractivity contribution in [2.75, 3.05) is 0 Å². The highest BCUT2D eigenvalue weighted by Crippen LogP contribution is 2.26. The van der Waals surface area contributed by atoms with Crippen molar-refractivity contribution in [3.05, 3.63) is 28.0 Å². The van der Waals surface area contributed by atoms with Crippen LogP contribution in [-0.2, 0) is 0 Å². The predicted octanol–water partition coefficient (Wildman–Crippen LogP) is 3.42. The molecule has 0 fully saturated rings. The van der Waals surface area contributed by atoms with Crippen LogP contribution in [0, 0.1) is 5.82 Å². The molecule has 0 radical (unpaired) electrons. The molecule has 0 heterocycles. The summed E-state index contributed by atoms with van der Waals surface area (Å²) in [4.78, 5) is 0.480. The van der Waals surface area contributed by atoms with E-state index in [1.165, 1.54) is 6.07 Å². The summed E-state index contributed by atoms with van der Waals surface area (Å²) in [6.07, 6.45) is 0. The van der Waals surface area contributed by atoms with E-state index in [1.54, 1.807) is 0 Å². The van der Waals surface area contributed by atoms with Gasteiger partial charge in [0.05, 0.1) is 10.0 Å². The maximum absolute atomic E-state index is 12.5. The summed E-state index contributed by atoms with van der Waals surface area (Å²) < 4.78 is 12.5. The Bertz CT molecular complexity index is 212. The maximum atomic E-state index is 12.5. The summed E-state index contributed by atoms with van der Waals surface area (Å²) >= 11 is 14.8. The summed E-state index contributed by atoms with van der Waals surface area (Å²) in [5.74, 6) is -0.524. The summed E-state index contributed by atoms with van der Waals surface area (Å²) in [6, 6.07) is 2.49. The van der Waals surface area contributed by atoms with Crippen molar-refractivity contribution in [3.8, 4) is 0 Å². The molecule has 4 heteroatoms. The molecular weight excluding hydrogens is 194 g/mol. The number of thiol groups is 1. The third kappa shape index (κ3) is 1.57. The Kier molecular flexibility index (Phi) is 2.45. The van der Waals surface area contributed by atoms with Crippen molar-refractivity contribution >= 4 is 35.8 Å². The molecule has 0 saturated heterocycles. The van der Waals surface area contributed by atoms with E-state index in [0.717, 1.165) is 6.07 Å². The molecule has 0 bridgehead atoms. The van der Waals surface area contributed by atoms with Crippen LogP contribution in [0.5, 0.6) is 0 Å². The largest absolute Gasteiger partial charge is 0.205 e. The van der Waals surface area contributed by atoms with Crippen LogP contribution in [-0.4, -0.2) is 0 Å². The molecule has 0 aliphatic heterocycles.